The Morgan fingerprint density at radius 1 is 1.06 bits per heavy atom. The molecule has 0 atom stereocenters. The van der Waals surface area contributed by atoms with Gasteiger partial charge in [0.15, 0.2) is 0 Å². The molecule has 0 amide bonds. The van der Waals surface area contributed by atoms with Crippen molar-refractivity contribution in [2.75, 3.05) is 5.75 Å². The second kappa shape index (κ2) is 7.75. The lowest BCUT2D eigenvalue weighted by atomic mass is 10.3. The van der Waals surface area contributed by atoms with E-state index in [0.717, 1.165) is 22.3 Å². The van der Waals surface area contributed by atoms with Gasteiger partial charge in [-0.1, -0.05) is 22.0 Å². The van der Waals surface area contributed by atoms with Crippen molar-refractivity contribution in [3.8, 4) is 0 Å². The van der Waals surface area contributed by atoms with Gasteiger partial charge in [0.2, 0.25) is 0 Å². The fourth-order valence-electron chi connectivity index (χ4n) is 1.35. The van der Waals surface area contributed by atoms with E-state index in [1.54, 1.807) is 0 Å². The molecule has 0 aliphatic rings. The van der Waals surface area contributed by atoms with E-state index in [0.29, 0.717) is 0 Å². The average Bonchev–Trinajstić information content (AvgIpc) is 2.33. The van der Waals surface area contributed by atoms with Gasteiger partial charge in [-0.25, -0.2) is 0 Å². The van der Waals surface area contributed by atoms with E-state index in [4.69, 9.17) is 0 Å². The van der Waals surface area contributed by atoms with Gasteiger partial charge in [-0.05, 0) is 42.8 Å². The summed E-state index contributed by atoms with van der Waals surface area (Å²) in [6.07, 6.45) is 2.86. The average molecular weight is 331 g/mol. The van der Waals surface area contributed by atoms with Crippen molar-refractivity contribution in [3.05, 3.63) is 58.8 Å². The Balaban J connectivity index is 0.00000144. The number of aromatic nitrogens is 1. The van der Waals surface area contributed by atoms with Crippen LogP contribution in [0.3, 0.4) is 0 Å². The van der Waals surface area contributed by atoms with Crippen molar-refractivity contribution < 1.29 is 0 Å². The number of benzene rings is 1. The molecule has 0 saturated carbocycles. The van der Waals surface area contributed by atoms with Crippen LogP contribution in [0.15, 0.2) is 58.0 Å². The van der Waals surface area contributed by atoms with Crippen LogP contribution in [0.1, 0.15) is 5.69 Å². The van der Waals surface area contributed by atoms with Crippen molar-refractivity contribution in [3.63, 3.8) is 0 Å². The SMILES string of the molecule is Brc1ccc(SCCc2ccccn2)cc1.Cl. The van der Waals surface area contributed by atoms with Gasteiger partial charge in [0.1, 0.15) is 0 Å². The summed E-state index contributed by atoms with van der Waals surface area (Å²) in [6.45, 7) is 0. The largest absolute Gasteiger partial charge is 0.261 e. The molecule has 0 N–H and O–H groups in total. The molecule has 1 heterocycles. The monoisotopic (exact) mass is 329 g/mol. The Morgan fingerprint density at radius 3 is 2.47 bits per heavy atom. The zero-order valence-corrected chi connectivity index (χ0v) is 12.4. The quantitative estimate of drug-likeness (QED) is 0.760. The summed E-state index contributed by atoms with van der Waals surface area (Å²) in [6, 6.07) is 14.5. The van der Waals surface area contributed by atoms with E-state index in [1.807, 2.05) is 30.1 Å². The van der Waals surface area contributed by atoms with E-state index >= 15 is 0 Å². The summed E-state index contributed by atoms with van der Waals surface area (Å²) in [5, 5.41) is 0. The van der Waals surface area contributed by atoms with Gasteiger partial charge in [0, 0.05) is 27.0 Å². The Labute approximate surface area is 121 Å². The molecule has 1 aromatic heterocycles. The van der Waals surface area contributed by atoms with E-state index in [1.165, 1.54) is 4.90 Å². The Kier molecular flexibility index (Phi) is 6.63. The van der Waals surface area contributed by atoms with Crippen LogP contribution in [-0.2, 0) is 6.42 Å². The van der Waals surface area contributed by atoms with Crippen LogP contribution < -0.4 is 0 Å². The highest BCUT2D eigenvalue weighted by atomic mass is 79.9. The maximum Gasteiger partial charge on any atom is 0.0411 e. The standard InChI is InChI=1S/C13H12BrNS.ClH/c14-11-4-6-13(7-5-11)16-10-8-12-3-1-2-9-15-12;/h1-7,9H,8,10H2;1H. The van der Waals surface area contributed by atoms with Crippen LogP contribution in [0.5, 0.6) is 0 Å². The molecule has 2 rings (SSSR count). The maximum absolute atomic E-state index is 4.30. The molecule has 0 unspecified atom stereocenters. The third-order valence-electron chi connectivity index (χ3n) is 2.17. The minimum absolute atomic E-state index is 0. The normalized spacial score (nSPS) is 9.71. The topological polar surface area (TPSA) is 12.9 Å². The zero-order valence-electron chi connectivity index (χ0n) is 9.17. The smallest absolute Gasteiger partial charge is 0.0411 e. The summed E-state index contributed by atoms with van der Waals surface area (Å²) in [4.78, 5) is 5.61. The number of rotatable bonds is 4. The summed E-state index contributed by atoms with van der Waals surface area (Å²) in [7, 11) is 0. The molecule has 1 nitrogen and oxygen atoms in total. The molecular weight excluding hydrogens is 318 g/mol. The number of pyridine rings is 1. The number of thioether (sulfide) groups is 1. The second-order valence-corrected chi connectivity index (χ2v) is 5.46. The van der Waals surface area contributed by atoms with Gasteiger partial charge in [0.25, 0.3) is 0 Å². The summed E-state index contributed by atoms with van der Waals surface area (Å²) in [5.74, 6) is 1.07. The number of aryl methyl sites for hydroxylation is 1. The molecular formula is C13H13BrClNS. The summed E-state index contributed by atoms with van der Waals surface area (Å²) >= 11 is 5.29. The van der Waals surface area contributed by atoms with Crippen molar-refractivity contribution >= 4 is 40.1 Å². The number of hydrogen-bond donors (Lipinski definition) is 0. The molecule has 90 valence electrons. The maximum atomic E-state index is 4.30. The molecule has 0 radical (unpaired) electrons. The first-order valence-electron chi connectivity index (χ1n) is 5.13. The van der Waals surface area contributed by atoms with Gasteiger partial charge < -0.3 is 0 Å². The van der Waals surface area contributed by atoms with Crippen LogP contribution in [0.25, 0.3) is 0 Å². The Hall–Kier alpha value is -0.510. The first-order chi connectivity index (χ1) is 7.84. The zero-order chi connectivity index (χ0) is 11.2. The molecule has 0 spiro atoms. The van der Waals surface area contributed by atoms with Crippen molar-refractivity contribution in [2.45, 2.75) is 11.3 Å². The first-order valence-corrected chi connectivity index (χ1v) is 6.91. The number of nitrogens with zero attached hydrogens (tertiary/aromatic N) is 1. The molecule has 0 aliphatic heterocycles. The molecule has 4 heteroatoms. The van der Waals surface area contributed by atoms with Gasteiger partial charge in [0.05, 0.1) is 0 Å². The molecule has 2 aromatic rings. The number of hydrogen-bond acceptors (Lipinski definition) is 2. The van der Waals surface area contributed by atoms with E-state index in [2.05, 4.69) is 51.2 Å². The van der Waals surface area contributed by atoms with Crippen molar-refractivity contribution in [2.24, 2.45) is 0 Å². The number of halogens is 2. The van der Waals surface area contributed by atoms with Crippen molar-refractivity contribution in [1.82, 2.24) is 4.98 Å². The third-order valence-corrected chi connectivity index (χ3v) is 3.71. The summed E-state index contributed by atoms with van der Waals surface area (Å²) in [5.41, 5.74) is 1.16. The molecule has 0 saturated heterocycles. The van der Waals surface area contributed by atoms with Crippen LogP contribution in [0.4, 0.5) is 0 Å². The minimum atomic E-state index is 0. The fraction of sp³-hybridized carbons (Fsp3) is 0.154. The van der Waals surface area contributed by atoms with E-state index in [-0.39, 0.29) is 12.4 Å². The van der Waals surface area contributed by atoms with Gasteiger partial charge in [-0.15, -0.1) is 24.2 Å². The van der Waals surface area contributed by atoms with Gasteiger partial charge >= 0.3 is 0 Å². The predicted octanol–water partition coefficient (Wildman–Crippen LogP) is 4.60. The van der Waals surface area contributed by atoms with Gasteiger partial charge in [-0.2, -0.15) is 0 Å². The highest BCUT2D eigenvalue weighted by molar-refractivity contribution is 9.10. The van der Waals surface area contributed by atoms with Crippen LogP contribution in [-0.4, -0.2) is 10.7 Å². The third kappa shape index (κ3) is 5.11. The lowest BCUT2D eigenvalue weighted by Gasteiger charge is -2.01. The first kappa shape index (κ1) is 14.6. The fourth-order valence-corrected chi connectivity index (χ4v) is 2.49. The highest BCUT2D eigenvalue weighted by Gasteiger charge is 1.96. The lowest BCUT2D eigenvalue weighted by molar-refractivity contribution is 1.05. The Bertz CT molecular complexity index is 433. The second-order valence-electron chi connectivity index (χ2n) is 3.37. The lowest BCUT2D eigenvalue weighted by Crippen LogP contribution is -1.91. The van der Waals surface area contributed by atoms with Crippen molar-refractivity contribution in [1.29, 1.82) is 0 Å². The molecule has 0 fully saturated rings. The molecule has 1 aromatic carbocycles. The molecule has 0 bridgehead atoms. The van der Waals surface area contributed by atoms with E-state index < -0.39 is 0 Å². The van der Waals surface area contributed by atoms with Gasteiger partial charge in [-0.3, -0.25) is 4.98 Å². The van der Waals surface area contributed by atoms with E-state index in [9.17, 15) is 0 Å². The molecule has 17 heavy (non-hydrogen) atoms. The van der Waals surface area contributed by atoms with Crippen LogP contribution in [0, 0.1) is 0 Å². The minimum Gasteiger partial charge on any atom is -0.261 e. The van der Waals surface area contributed by atoms with Crippen LogP contribution >= 0.6 is 40.1 Å². The highest BCUT2D eigenvalue weighted by Crippen LogP contribution is 2.21. The molecule has 0 aliphatic carbocycles. The Morgan fingerprint density at radius 2 is 1.82 bits per heavy atom. The summed E-state index contributed by atoms with van der Waals surface area (Å²) < 4.78 is 1.13. The predicted molar refractivity (Wildman–Crippen MR) is 80.1 cm³/mol. The van der Waals surface area contributed by atoms with Crippen LogP contribution in [0.2, 0.25) is 0 Å².